The van der Waals surface area contributed by atoms with Gasteiger partial charge in [0.2, 0.25) is 17.5 Å². The van der Waals surface area contributed by atoms with Gasteiger partial charge in [-0.25, -0.2) is 4.79 Å². The summed E-state index contributed by atoms with van der Waals surface area (Å²) in [6, 6.07) is 6.50. The third-order valence-corrected chi connectivity index (χ3v) is 4.72. The van der Waals surface area contributed by atoms with Crippen LogP contribution in [0, 0.1) is 20.8 Å². The lowest BCUT2D eigenvalue weighted by Crippen LogP contribution is -2.25. The fourth-order valence-corrected chi connectivity index (χ4v) is 3.31. The largest absolute Gasteiger partial charge is 0.485 e. The molecule has 0 saturated heterocycles. The van der Waals surface area contributed by atoms with E-state index in [0.717, 1.165) is 0 Å². The van der Waals surface area contributed by atoms with E-state index in [4.69, 9.17) is 14.0 Å². The van der Waals surface area contributed by atoms with Crippen molar-refractivity contribution in [1.29, 1.82) is 0 Å². The number of ether oxygens (including phenoxy) is 2. The zero-order chi connectivity index (χ0) is 22.7. The molecule has 1 atom stereocenters. The van der Waals surface area contributed by atoms with Crippen molar-refractivity contribution >= 4 is 17.5 Å². The molecule has 1 N–H and O–H groups in total. The Bertz CT molecular complexity index is 1140. The molecular formula is C22H23N3O6. The van der Waals surface area contributed by atoms with E-state index in [-0.39, 0.29) is 29.4 Å². The number of nitrogens with one attached hydrogen (secondary N) is 1. The minimum absolute atomic E-state index is 0.00485. The van der Waals surface area contributed by atoms with Crippen molar-refractivity contribution < 1.29 is 28.4 Å². The zero-order valence-electron chi connectivity index (χ0n) is 17.9. The van der Waals surface area contributed by atoms with Gasteiger partial charge >= 0.3 is 5.97 Å². The van der Waals surface area contributed by atoms with E-state index in [9.17, 15) is 14.4 Å². The Labute approximate surface area is 178 Å². The van der Waals surface area contributed by atoms with Gasteiger partial charge in [-0.05, 0) is 45.4 Å². The number of hydrogen-bond donors (Lipinski definition) is 1. The minimum atomic E-state index is -1.07. The Morgan fingerprint density at radius 2 is 1.87 bits per heavy atom. The molecule has 0 saturated carbocycles. The van der Waals surface area contributed by atoms with E-state index in [0.29, 0.717) is 28.5 Å². The number of hydrogen-bond acceptors (Lipinski definition) is 8. The summed E-state index contributed by atoms with van der Waals surface area (Å²) in [6.45, 7) is 7.99. The maximum absolute atomic E-state index is 12.8. The molecule has 0 radical (unpaired) electrons. The Morgan fingerprint density at radius 3 is 2.48 bits per heavy atom. The molecule has 1 unspecified atom stereocenters. The fourth-order valence-electron chi connectivity index (χ4n) is 3.31. The molecule has 9 heteroatoms. The van der Waals surface area contributed by atoms with E-state index in [1.807, 2.05) is 0 Å². The number of esters is 1. The third kappa shape index (κ3) is 4.71. The highest BCUT2D eigenvalue weighted by Crippen LogP contribution is 2.23. The number of carbonyl (C=O) groups excluding carboxylic acids is 3. The Morgan fingerprint density at radius 1 is 1.16 bits per heavy atom. The van der Waals surface area contributed by atoms with Gasteiger partial charge in [0, 0.05) is 18.2 Å². The SMILES string of the molecule is CC(=O)c1c(C)[nH]c(C(=O)C(C)OC(=O)c2ccccc2OCc2noc(C)n2)c1C. The van der Waals surface area contributed by atoms with Crippen LogP contribution in [-0.2, 0) is 11.3 Å². The lowest BCUT2D eigenvalue weighted by molar-refractivity contribution is 0.0312. The number of carbonyl (C=O) groups is 3. The highest BCUT2D eigenvalue weighted by atomic mass is 16.5. The highest BCUT2D eigenvalue weighted by molar-refractivity contribution is 6.05. The maximum atomic E-state index is 12.8. The first-order chi connectivity index (χ1) is 14.7. The van der Waals surface area contributed by atoms with Gasteiger partial charge in [-0.3, -0.25) is 9.59 Å². The summed E-state index contributed by atoms with van der Waals surface area (Å²) in [5.41, 5.74) is 2.02. The number of aromatic amines is 1. The third-order valence-electron chi connectivity index (χ3n) is 4.72. The topological polar surface area (TPSA) is 124 Å². The summed E-state index contributed by atoms with van der Waals surface area (Å²) in [5.74, 6) is -0.279. The van der Waals surface area contributed by atoms with Crippen LogP contribution < -0.4 is 4.74 Å². The molecule has 162 valence electrons. The van der Waals surface area contributed by atoms with Gasteiger partial charge in [0.1, 0.15) is 11.3 Å². The van der Waals surface area contributed by atoms with Crippen molar-refractivity contribution in [1.82, 2.24) is 15.1 Å². The molecule has 2 heterocycles. The summed E-state index contributed by atoms with van der Waals surface area (Å²) in [6.07, 6.45) is -1.07. The van der Waals surface area contributed by atoms with Crippen LogP contribution in [0.2, 0.25) is 0 Å². The van der Waals surface area contributed by atoms with Crippen LogP contribution in [0.5, 0.6) is 5.75 Å². The van der Waals surface area contributed by atoms with E-state index < -0.39 is 17.9 Å². The van der Waals surface area contributed by atoms with Gasteiger partial charge in [0.15, 0.2) is 18.5 Å². The van der Waals surface area contributed by atoms with Gasteiger partial charge in [-0.1, -0.05) is 17.3 Å². The van der Waals surface area contributed by atoms with Crippen LogP contribution in [0.3, 0.4) is 0 Å². The minimum Gasteiger partial charge on any atom is -0.485 e. The Kier molecular flexibility index (Phi) is 6.33. The molecule has 0 aliphatic carbocycles. The molecule has 31 heavy (non-hydrogen) atoms. The van der Waals surface area contributed by atoms with Crippen LogP contribution in [0.1, 0.15) is 68.0 Å². The summed E-state index contributed by atoms with van der Waals surface area (Å²) in [4.78, 5) is 44.4. The first-order valence-electron chi connectivity index (χ1n) is 9.65. The monoisotopic (exact) mass is 425 g/mol. The number of nitrogens with zero attached hydrogens (tertiary/aromatic N) is 2. The number of para-hydroxylation sites is 1. The standard InChI is InChI=1S/C22H23N3O6/c1-11-19(13(3)26)12(2)23-20(11)21(27)14(4)30-22(28)16-8-6-7-9-17(16)29-10-18-24-15(5)31-25-18/h6-9,14,23H,10H2,1-5H3. The number of aromatic nitrogens is 3. The first kappa shape index (κ1) is 21.9. The maximum Gasteiger partial charge on any atom is 0.342 e. The Balaban J connectivity index is 1.73. The second-order valence-electron chi connectivity index (χ2n) is 7.11. The predicted octanol–water partition coefficient (Wildman–Crippen LogP) is 3.53. The Hall–Kier alpha value is -3.75. The number of benzene rings is 1. The number of H-pyrrole nitrogens is 1. The predicted molar refractivity (Wildman–Crippen MR) is 109 cm³/mol. The van der Waals surface area contributed by atoms with Crippen molar-refractivity contribution in [3.05, 3.63) is 64.1 Å². The van der Waals surface area contributed by atoms with Crippen molar-refractivity contribution in [2.24, 2.45) is 0 Å². The second-order valence-corrected chi connectivity index (χ2v) is 7.11. The smallest absolute Gasteiger partial charge is 0.342 e. The molecule has 3 aromatic rings. The van der Waals surface area contributed by atoms with Crippen LogP contribution in [0.25, 0.3) is 0 Å². The van der Waals surface area contributed by atoms with Crippen molar-refractivity contribution in [3.8, 4) is 5.75 Å². The second kappa shape index (κ2) is 8.95. The molecule has 2 aromatic heterocycles. The number of aryl methyl sites for hydroxylation is 2. The number of ketones is 2. The first-order valence-corrected chi connectivity index (χ1v) is 9.65. The lowest BCUT2D eigenvalue weighted by Gasteiger charge is -2.14. The molecule has 0 aliphatic heterocycles. The molecule has 0 bridgehead atoms. The van der Waals surface area contributed by atoms with Gasteiger partial charge in [-0.15, -0.1) is 0 Å². The van der Waals surface area contributed by atoms with Gasteiger partial charge in [0.25, 0.3) is 0 Å². The van der Waals surface area contributed by atoms with E-state index in [2.05, 4.69) is 15.1 Å². The van der Waals surface area contributed by atoms with Gasteiger partial charge in [0.05, 0.1) is 5.69 Å². The highest BCUT2D eigenvalue weighted by Gasteiger charge is 2.27. The average molecular weight is 425 g/mol. The molecular weight excluding hydrogens is 402 g/mol. The normalized spacial score (nSPS) is 11.8. The van der Waals surface area contributed by atoms with Gasteiger partial charge < -0.3 is 19.0 Å². The zero-order valence-corrected chi connectivity index (χ0v) is 17.9. The van der Waals surface area contributed by atoms with Crippen LogP contribution in [0.4, 0.5) is 0 Å². The fraction of sp³-hybridized carbons (Fsp3) is 0.318. The summed E-state index contributed by atoms with van der Waals surface area (Å²) in [7, 11) is 0. The van der Waals surface area contributed by atoms with Crippen LogP contribution in [-0.4, -0.2) is 38.8 Å². The van der Waals surface area contributed by atoms with E-state index in [1.54, 1.807) is 39.0 Å². The molecule has 0 fully saturated rings. The van der Waals surface area contributed by atoms with Gasteiger partial charge in [-0.2, -0.15) is 4.98 Å². The average Bonchev–Trinajstić information content (AvgIpc) is 3.27. The molecule has 9 nitrogen and oxygen atoms in total. The van der Waals surface area contributed by atoms with E-state index >= 15 is 0 Å². The number of Topliss-reactive ketones (excluding diaryl/α,β-unsaturated/α-hetero) is 2. The van der Waals surface area contributed by atoms with Crippen molar-refractivity contribution in [2.45, 2.75) is 47.3 Å². The van der Waals surface area contributed by atoms with Crippen LogP contribution in [0.15, 0.2) is 28.8 Å². The number of rotatable bonds is 8. The van der Waals surface area contributed by atoms with E-state index in [1.165, 1.54) is 19.9 Å². The van der Waals surface area contributed by atoms with Crippen LogP contribution >= 0.6 is 0 Å². The summed E-state index contributed by atoms with van der Waals surface area (Å²) < 4.78 is 15.9. The lowest BCUT2D eigenvalue weighted by atomic mass is 10.0. The molecule has 1 aromatic carbocycles. The van der Waals surface area contributed by atoms with Crippen molar-refractivity contribution in [2.75, 3.05) is 0 Å². The molecule has 3 rings (SSSR count). The molecule has 0 aliphatic rings. The van der Waals surface area contributed by atoms with Crippen molar-refractivity contribution in [3.63, 3.8) is 0 Å². The summed E-state index contributed by atoms with van der Waals surface area (Å²) in [5, 5.41) is 3.74. The molecule has 0 spiro atoms. The molecule has 0 amide bonds. The summed E-state index contributed by atoms with van der Waals surface area (Å²) >= 11 is 0. The quantitative estimate of drug-likeness (QED) is 0.429.